The van der Waals surface area contributed by atoms with Crippen LogP contribution in [-0.2, 0) is 0 Å². The Morgan fingerprint density at radius 1 is 1.00 bits per heavy atom. The summed E-state index contributed by atoms with van der Waals surface area (Å²) in [7, 11) is 0. The number of hydrogen-bond acceptors (Lipinski definition) is 3. The van der Waals surface area contributed by atoms with Gasteiger partial charge in [-0.15, -0.1) is 0 Å². The average molecular weight is 289 g/mol. The normalized spacial score (nSPS) is 10.4. The third-order valence-electron chi connectivity index (χ3n) is 2.00. The minimum absolute atomic E-state index is 0.389. The summed E-state index contributed by atoms with van der Waals surface area (Å²) in [5, 5.41) is 4.45. The molecule has 0 spiro atoms. The van der Waals surface area contributed by atoms with Crippen molar-refractivity contribution in [3.05, 3.63) is 45.3 Å². The van der Waals surface area contributed by atoms with Gasteiger partial charge in [-0.2, -0.15) is 0 Å². The molecule has 3 nitrogen and oxygen atoms in total. The number of aryl methyl sites for hydroxylation is 1. The number of nitrogens with one attached hydrogen (secondary N) is 1. The van der Waals surface area contributed by atoms with Crippen molar-refractivity contribution in [1.29, 1.82) is 0 Å². The largest absolute Gasteiger partial charge is 0.340 e. The van der Waals surface area contributed by atoms with Crippen LogP contribution in [0.3, 0.4) is 0 Å². The van der Waals surface area contributed by atoms with Crippen molar-refractivity contribution in [2.45, 2.75) is 6.92 Å². The number of aromatic nitrogens is 2. The Labute approximate surface area is 114 Å². The molecule has 0 aliphatic carbocycles. The maximum atomic E-state index is 5.91. The molecule has 1 heterocycles. The highest BCUT2D eigenvalue weighted by atomic mass is 35.5. The molecule has 0 atom stereocenters. The zero-order chi connectivity index (χ0) is 12.4. The molecular formula is C11H8Cl3N3. The van der Waals surface area contributed by atoms with Crippen LogP contribution in [0, 0.1) is 6.92 Å². The Morgan fingerprint density at radius 2 is 1.76 bits per heavy atom. The van der Waals surface area contributed by atoms with Crippen LogP contribution in [-0.4, -0.2) is 9.97 Å². The summed E-state index contributed by atoms with van der Waals surface area (Å²) in [5.41, 5.74) is 0.786. The molecule has 0 unspecified atom stereocenters. The minimum atomic E-state index is 0.389. The summed E-state index contributed by atoms with van der Waals surface area (Å²) in [6, 6.07) is 6.87. The fourth-order valence-corrected chi connectivity index (χ4v) is 1.84. The van der Waals surface area contributed by atoms with E-state index in [-0.39, 0.29) is 0 Å². The first kappa shape index (κ1) is 12.4. The van der Waals surface area contributed by atoms with E-state index in [0.717, 1.165) is 5.69 Å². The van der Waals surface area contributed by atoms with Crippen molar-refractivity contribution in [1.82, 2.24) is 9.97 Å². The molecule has 17 heavy (non-hydrogen) atoms. The van der Waals surface area contributed by atoms with Crippen LogP contribution < -0.4 is 5.32 Å². The van der Waals surface area contributed by atoms with Gasteiger partial charge < -0.3 is 5.32 Å². The van der Waals surface area contributed by atoms with Crippen LogP contribution >= 0.6 is 34.8 Å². The molecule has 1 aromatic heterocycles. The van der Waals surface area contributed by atoms with E-state index in [1.165, 1.54) is 0 Å². The van der Waals surface area contributed by atoms with Gasteiger partial charge in [-0.3, -0.25) is 0 Å². The van der Waals surface area contributed by atoms with Crippen LogP contribution in [0.5, 0.6) is 0 Å². The van der Waals surface area contributed by atoms with E-state index >= 15 is 0 Å². The van der Waals surface area contributed by atoms with Gasteiger partial charge in [0.15, 0.2) is 0 Å². The zero-order valence-corrected chi connectivity index (χ0v) is 11.1. The van der Waals surface area contributed by atoms with E-state index in [9.17, 15) is 0 Å². The zero-order valence-electron chi connectivity index (χ0n) is 8.84. The lowest BCUT2D eigenvalue weighted by molar-refractivity contribution is 1.06. The van der Waals surface area contributed by atoms with Crippen molar-refractivity contribution in [3.63, 3.8) is 0 Å². The van der Waals surface area contributed by atoms with Gasteiger partial charge in [0.25, 0.3) is 0 Å². The van der Waals surface area contributed by atoms with Crippen molar-refractivity contribution in [3.8, 4) is 0 Å². The molecule has 0 saturated carbocycles. The number of hydrogen-bond donors (Lipinski definition) is 1. The molecule has 0 aliphatic heterocycles. The van der Waals surface area contributed by atoms with E-state index in [0.29, 0.717) is 26.8 Å². The summed E-state index contributed by atoms with van der Waals surface area (Å²) < 4.78 is 0. The summed E-state index contributed by atoms with van der Waals surface area (Å²) in [5.74, 6) is 1.21. The third-order valence-corrected chi connectivity index (χ3v) is 2.93. The molecule has 0 saturated heterocycles. The summed E-state index contributed by atoms with van der Waals surface area (Å²) >= 11 is 17.6. The molecule has 0 bridgehead atoms. The van der Waals surface area contributed by atoms with E-state index in [2.05, 4.69) is 15.3 Å². The fourth-order valence-electron chi connectivity index (χ4n) is 1.32. The van der Waals surface area contributed by atoms with Crippen LogP contribution in [0.25, 0.3) is 0 Å². The van der Waals surface area contributed by atoms with Crippen molar-refractivity contribution in [2.75, 3.05) is 5.32 Å². The van der Waals surface area contributed by atoms with E-state index in [1.807, 2.05) is 0 Å². The van der Waals surface area contributed by atoms with Crippen LogP contribution in [0.4, 0.5) is 11.5 Å². The highest BCUT2D eigenvalue weighted by molar-refractivity contribution is 6.42. The molecule has 0 amide bonds. The van der Waals surface area contributed by atoms with Crippen LogP contribution in [0.15, 0.2) is 24.3 Å². The standard InChI is InChI=1S/C11H8Cl3N3/c1-6-15-10(14)5-11(16-6)17-7-2-3-8(12)9(13)4-7/h2-5H,1H3,(H,15,16,17). The van der Waals surface area contributed by atoms with Gasteiger partial charge in [0.1, 0.15) is 16.8 Å². The van der Waals surface area contributed by atoms with Crippen molar-refractivity contribution >= 4 is 46.3 Å². The number of anilines is 2. The lowest BCUT2D eigenvalue weighted by atomic mass is 10.3. The SMILES string of the molecule is Cc1nc(Cl)cc(Nc2ccc(Cl)c(Cl)c2)n1. The predicted octanol–water partition coefficient (Wildman–Crippen LogP) is 4.49. The molecule has 2 rings (SSSR count). The number of rotatable bonds is 2. The maximum Gasteiger partial charge on any atom is 0.135 e. The van der Waals surface area contributed by atoms with Crippen molar-refractivity contribution in [2.24, 2.45) is 0 Å². The topological polar surface area (TPSA) is 37.8 Å². The molecular weight excluding hydrogens is 281 g/mol. The highest BCUT2D eigenvalue weighted by Crippen LogP contribution is 2.26. The Bertz CT molecular complexity index is 537. The second-order valence-electron chi connectivity index (χ2n) is 3.38. The smallest absolute Gasteiger partial charge is 0.135 e. The number of benzene rings is 1. The molecule has 0 aliphatic rings. The molecule has 2 aromatic rings. The average Bonchev–Trinajstić information content (AvgIpc) is 2.22. The molecule has 6 heteroatoms. The molecule has 88 valence electrons. The Kier molecular flexibility index (Phi) is 3.72. The predicted molar refractivity (Wildman–Crippen MR) is 71.5 cm³/mol. The van der Waals surface area contributed by atoms with Crippen LogP contribution in [0.2, 0.25) is 15.2 Å². The van der Waals surface area contributed by atoms with E-state index in [1.54, 1.807) is 31.2 Å². The highest BCUT2D eigenvalue weighted by Gasteiger charge is 2.03. The monoisotopic (exact) mass is 287 g/mol. The summed E-state index contributed by atoms with van der Waals surface area (Å²) in [4.78, 5) is 8.17. The quantitative estimate of drug-likeness (QED) is 0.827. The minimum Gasteiger partial charge on any atom is -0.340 e. The molecule has 0 radical (unpaired) electrons. The molecule has 0 fully saturated rings. The van der Waals surface area contributed by atoms with Gasteiger partial charge in [0, 0.05) is 11.8 Å². The maximum absolute atomic E-state index is 5.91. The Hall–Kier alpha value is -1.03. The van der Waals surface area contributed by atoms with Gasteiger partial charge in [-0.1, -0.05) is 34.8 Å². The molecule has 1 aromatic carbocycles. The van der Waals surface area contributed by atoms with Crippen molar-refractivity contribution < 1.29 is 0 Å². The second kappa shape index (κ2) is 5.08. The van der Waals surface area contributed by atoms with Crippen LogP contribution in [0.1, 0.15) is 5.82 Å². The number of nitrogens with zero attached hydrogens (tertiary/aromatic N) is 2. The Balaban J connectivity index is 2.28. The van der Waals surface area contributed by atoms with E-state index in [4.69, 9.17) is 34.8 Å². The summed E-state index contributed by atoms with van der Waals surface area (Å²) in [6.45, 7) is 1.77. The molecule has 1 N–H and O–H groups in total. The van der Waals surface area contributed by atoms with Gasteiger partial charge in [-0.05, 0) is 25.1 Å². The summed E-state index contributed by atoms with van der Waals surface area (Å²) in [6.07, 6.45) is 0. The van der Waals surface area contributed by atoms with Gasteiger partial charge in [0.2, 0.25) is 0 Å². The number of halogens is 3. The lowest BCUT2D eigenvalue weighted by Crippen LogP contribution is -1.97. The second-order valence-corrected chi connectivity index (χ2v) is 4.58. The first-order valence-electron chi connectivity index (χ1n) is 4.78. The third kappa shape index (κ3) is 3.22. The van der Waals surface area contributed by atoms with Gasteiger partial charge in [-0.25, -0.2) is 9.97 Å². The van der Waals surface area contributed by atoms with Gasteiger partial charge in [0.05, 0.1) is 10.0 Å². The Morgan fingerprint density at radius 3 is 2.41 bits per heavy atom. The van der Waals surface area contributed by atoms with Gasteiger partial charge >= 0.3 is 0 Å². The first-order valence-corrected chi connectivity index (χ1v) is 5.91. The fraction of sp³-hybridized carbons (Fsp3) is 0.0909. The lowest BCUT2D eigenvalue weighted by Gasteiger charge is -2.07. The first-order chi connectivity index (χ1) is 8.04. The van der Waals surface area contributed by atoms with E-state index < -0.39 is 0 Å².